The smallest absolute Gasteiger partial charge is 0.277 e. The van der Waals surface area contributed by atoms with Crippen LogP contribution in [0.25, 0.3) is 11.5 Å². The number of sulfonamides is 1. The Morgan fingerprint density at radius 2 is 1.68 bits per heavy atom. The molecule has 31 heavy (non-hydrogen) atoms. The number of carbonyl (C=O) groups excluding carboxylic acids is 1. The van der Waals surface area contributed by atoms with E-state index < -0.39 is 21.5 Å². The third kappa shape index (κ3) is 4.86. The molecule has 0 bridgehead atoms. The lowest BCUT2D eigenvalue weighted by atomic mass is 10.1. The number of anilines is 1. The molecule has 0 spiro atoms. The second kappa shape index (κ2) is 7.94. The maximum Gasteiger partial charge on any atom is 0.277 e. The number of amides is 1. The molecule has 4 rings (SSSR count). The fourth-order valence-electron chi connectivity index (χ4n) is 3.26. The molecule has 1 aromatic heterocycles. The summed E-state index contributed by atoms with van der Waals surface area (Å²) < 4.78 is 34.3. The van der Waals surface area contributed by atoms with Crippen molar-refractivity contribution in [3.8, 4) is 11.5 Å². The van der Waals surface area contributed by atoms with E-state index in [1.807, 2.05) is 30.3 Å². The van der Waals surface area contributed by atoms with Gasteiger partial charge in [0.25, 0.3) is 5.91 Å². The molecule has 0 aliphatic heterocycles. The number of hydrogen-bond donors (Lipinski definition) is 2. The predicted octanol–water partition coefficient (Wildman–Crippen LogP) is 4.55. The highest BCUT2D eigenvalue weighted by Crippen LogP contribution is 2.43. The Labute approximate surface area is 181 Å². The summed E-state index contributed by atoms with van der Waals surface area (Å²) in [7, 11) is -3.84. The molecule has 3 aromatic rings. The van der Waals surface area contributed by atoms with E-state index in [1.54, 1.807) is 39.0 Å². The van der Waals surface area contributed by atoms with Gasteiger partial charge in [-0.1, -0.05) is 30.3 Å². The van der Waals surface area contributed by atoms with Crippen LogP contribution >= 0.6 is 0 Å². The molecule has 0 saturated heterocycles. The number of aromatic nitrogens is 1. The van der Waals surface area contributed by atoms with Gasteiger partial charge in [0.1, 0.15) is 10.7 Å². The van der Waals surface area contributed by atoms with Crippen LogP contribution in [-0.2, 0) is 10.0 Å². The van der Waals surface area contributed by atoms with Crippen molar-refractivity contribution in [1.29, 1.82) is 0 Å². The Balaban J connectivity index is 1.66. The molecule has 1 aliphatic carbocycles. The Bertz CT molecular complexity index is 1210. The summed E-state index contributed by atoms with van der Waals surface area (Å²) in [5.41, 5.74) is 0.500. The second-order valence-electron chi connectivity index (χ2n) is 8.68. The molecule has 1 aliphatic rings. The number of nitrogens with one attached hydrogen (secondary N) is 2. The van der Waals surface area contributed by atoms with Crippen molar-refractivity contribution in [2.24, 2.45) is 0 Å². The molecule has 162 valence electrons. The molecule has 8 heteroatoms. The zero-order chi connectivity index (χ0) is 22.2. The third-order valence-corrected chi connectivity index (χ3v) is 6.52. The third-order valence-electron chi connectivity index (χ3n) is 4.70. The number of para-hydroxylation sites is 1. The van der Waals surface area contributed by atoms with Crippen LogP contribution in [-0.4, -0.2) is 24.8 Å². The molecule has 0 unspecified atom stereocenters. The number of oxazole rings is 1. The summed E-state index contributed by atoms with van der Waals surface area (Å²) in [6, 6.07) is 15.7. The van der Waals surface area contributed by atoms with Crippen LogP contribution in [0.15, 0.2) is 63.9 Å². The Kier molecular flexibility index (Phi) is 5.45. The summed E-state index contributed by atoms with van der Waals surface area (Å²) >= 11 is 0. The lowest BCUT2D eigenvalue weighted by Crippen LogP contribution is -2.40. The first-order chi connectivity index (χ1) is 14.6. The fourth-order valence-corrected chi connectivity index (χ4v) is 4.85. The first-order valence-electron chi connectivity index (χ1n) is 10.1. The molecule has 7 nitrogen and oxygen atoms in total. The van der Waals surface area contributed by atoms with E-state index in [4.69, 9.17) is 4.42 Å². The zero-order valence-electron chi connectivity index (χ0n) is 17.7. The minimum Gasteiger partial charge on any atom is -0.440 e. The maximum atomic E-state index is 13.1. The molecule has 1 amide bonds. The standard InChI is InChI=1S/C23H25N3O4S/c1-23(2,3)26-31(28,29)18-12-8-7-11-17(18)24-21(27)19-20(15-13-14-15)30-22(25-19)16-9-5-4-6-10-16/h4-12,15,26H,13-14H2,1-3H3,(H,24,27). The molecule has 2 aromatic carbocycles. The quantitative estimate of drug-likeness (QED) is 0.587. The highest BCUT2D eigenvalue weighted by molar-refractivity contribution is 7.89. The van der Waals surface area contributed by atoms with Gasteiger partial charge in [-0.2, -0.15) is 0 Å². The van der Waals surface area contributed by atoms with Gasteiger partial charge in [-0.15, -0.1) is 0 Å². The second-order valence-corrected chi connectivity index (χ2v) is 10.3. The lowest BCUT2D eigenvalue weighted by Gasteiger charge is -2.21. The van der Waals surface area contributed by atoms with Crippen LogP contribution in [0.4, 0.5) is 5.69 Å². The van der Waals surface area contributed by atoms with E-state index in [1.165, 1.54) is 6.07 Å². The van der Waals surface area contributed by atoms with Crippen molar-refractivity contribution in [3.05, 3.63) is 66.1 Å². The molecule has 2 N–H and O–H groups in total. The Hall–Kier alpha value is -2.97. The van der Waals surface area contributed by atoms with Gasteiger partial charge in [-0.25, -0.2) is 18.1 Å². The van der Waals surface area contributed by atoms with Gasteiger partial charge in [-0.05, 0) is 57.9 Å². The van der Waals surface area contributed by atoms with Gasteiger partial charge < -0.3 is 9.73 Å². The number of rotatable bonds is 6. The van der Waals surface area contributed by atoms with Crippen molar-refractivity contribution in [1.82, 2.24) is 9.71 Å². The van der Waals surface area contributed by atoms with Crippen molar-refractivity contribution in [3.63, 3.8) is 0 Å². The highest BCUT2D eigenvalue weighted by atomic mass is 32.2. The fraction of sp³-hybridized carbons (Fsp3) is 0.304. The highest BCUT2D eigenvalue weighted by Gasteiger charge is 2.34. The zero-order valence-corrected chi connectivity index (χ0v) is 18.5. The van der Waals surface area contributed by atoms with E-state index in [-0.39, 0.29) is 22.2 Å². The van der Waals surface area contributed by atoms with Gasteiger partial charge in [0.2, 0.25) is 15.9 Å². The van der Waals surface area contributed by atoms with Crippen molar-refractivity contribution in [2.75, 3.05) is 5.32 Å². The SMILES string of the molecule is CC(C)(C)NS(=O)(=O)c1ccccc1NC(=O)c1nc(-c2ccccc2)oc1C1CC1. The Morgan fingerprint density at radius 3 is 2.32 bits per heavy atom. The molecular weight excluding hydrogens is 414 g/mol. The topological polar surface area (TPSA) is 101 Å². The van der Waals surface area contributed by atoms with Gasteiger partial charge in [0.05, 0.1) is 5.69 Å². The van der Waals surface area contributed by atoms with Gasteiger partial charge in [-0.3, -0.25) is 4.79 Å². The van der Waals surface area contributed by atoms with Crippen LogP contribution in [0.1, 0.15) is 55.8 Å². The lowest BCUT2D eigenvalue weighted by molar-refractivity contribution is 0.102. The molecular formula is C23H25N3O4S. The van der Waals surface area contributed by atoms with Crippen LogP contribution in [0.5, 0.6) is 0 Å². The van der Waals surface area contributed by atoms with E-state index in [2.05, 4.69) is 15.0 Å². The van der Waals surface area contributed by atoms with E-state index >= 15 is 0 Å². The maximum absolute atomic E-state index is 13.1. The summed E-state index contributed by atoms with van der Waals surface area (Å²) in [4.78, 5) is 17.6. The van der Waals surface area contributed by atoms with Crippen LogP contribution in [0.3, 0.4) is 0 Å². The van der Waals surface area contributed by atoms with Crippen LogP contribution < -0.4 is 10.0 Å². The number of benzene rings is 2. The van der Waals surface area contributed by atoms with E-state index in [0.717, 1.165) is 18.4 Å². The molecule has 1 fully saturated rings. The van der Waals surface area contributed by atoms with Crippen molar-refractivity contribution < 1.29 is 17.6 Å². The Morgan fingerprint density at radius 1 is 1.03 bits per heavy atom. The van der Waals surface area contributed by atoms with Crippen LogP contribution in [0, 0.1) is 0 Å². The van der Waals surface area contributed by atoms with E-state index in [9.17, 15) is 13.2 Å². The summed E-state index contributed by atoms with van der Waals surface area (Å²) in [6.45, 7) is 5.27. The first kappa shape index (κ1) is 21.3. The largest absolute Gasteiger partial charge is 0.440 e. The minimum absolute atomic E-state index is 0.00183. The van der Waals surface area contributed by atoms with Gasteiger partial charge >= 0.3 is 0 Å². The monoisotopic (exact) mass is 439 g/mol. The van der Waals surface area contributed by atoms with Gasteiger partial charge in [0, 0.05) is 17.0 Å². The number of nitrogens with zero attached hydrogens (tertiary/aromatic N) is 1. The minimum atomic E-state index is -3.84. The van der Waals surface area contributed by atoms with Crippen molar-refractivity contribution >= 4 is 21.6 Å². The first-order valence-corrected chi connectivity index (χ1v) is 11.6. The average Bonchev–Trinajstić information content (AvgIpc) is 3.45. The summed E-state index contributed by atoms with van der Waals surface area (Å²) in [5.74, 6) is 0.589. The normalized spacial score (nSPS) is 14.4. The van der Waals surface area contributed by atoms with E-state index in [0.29, 0.717) is 11.7 Å². The molecule has 0 radical (unpaired) electrons. The van der Waals surface area contributed by atoms with Crippen molar-refractivity contribution in [2.45, 2.75) is 50.0 Å². The summed E-state index contributed by atoms with van der Waals surface area (Å²) in [6.07, 6.45) is 1.87. The van der Waals surface area contributed by atoms with Crippen LogP contribution in [0.2, 0.25) is 0 Å². The molecule has 1 heterocycles. The molecule has 0 atom stereocenters. The van der Waals surface area contributed by atoms with Gasteiger partial charge in [0.15, 0.2) is 5.69 Å². The molecule has 1 saturated carbocycles. The summed E-state index contributed by atoms with van der Waals surface area (Å²) in [5, 5.41) is 2.73. The predicted molar refractivity (Wildman–Crippen MR) is 118 cm³/mol. The number of hydrogen-bond acceptors (Lipinski definition) is 5. The number of carbonyl (C=O) groups is 1. The average molecular weight is 440 g/mol.